The first-order valence-electron chi connectivity index (χ1n) is 5.33. The quantitative estimate of drug-likeness (QED) is 0.782. The van der Waals surface area contributed by atoms with Crippen molar-refractivity contribution in [2.45, 2.75) is 5.92 Å². The van der Waals surface area contributed by atoms with E-state index < -0.39 is 24.2 Å². The van der Waals surface area contributed by atoms with Crippen LogP contribution in [0.2, 0.25) is 0 Å². The van der Waals surface area contributed by atoms with Gasteiger partial charge in [-0.2, -0.15) is 8.78 Å². The van der Waals surface area contributed by atoms with Crippen LogP contribution in [0.4, 0.5) is 19.7 Å². The van der Waals surface area contributed by atoms with Gasteiger partial charge in [-0.1, -0.05) is 0 Å². The Bertz CT molecular complexity index is 616. The number of halogens is 2. The number of thiazole rings is 1. The highest BCUT2D eigenvalue weighted by Gasteiger charge is 2.33. The molecule has 20 heavy (non-hydrogen) atoms. The van der Waals surface area contributed by atoms with Crippen molar-refractivity contribution < 1.29 is 23.8 Å². The summed E-state index contributed by atoms with van der Waals surface area (Å²) in [4.78, 5) is 18.1. The van der Waals surface area contributed by atoms with Gasteiger partial charge in [-0.15, -0.1) is 11.3 Å². The Hall–Kier alpha value is -2.13. The van der Waals surface area contributed by atoms with Crippen molar-refractivity contribution in [3.63, 3.8) is 0 Å². The molecular weight excluding hydrogens is 292 g/mol. The molecule has 2 aromatic rings. The molecule has 3 N–H and O–H groups in total. The van der Waals surface area contributed by atoms with Crippen molar-refractivity contribution in [3.8, 4) is 0 Å². The van der Waals surface area contributed by atoms with Crippen molar-refractivity contribution in [1.82, 2.24) is 9.97 Å². The maximum absolute atomic E-state index is 13.2. The average molecular weight is 301 g/mol. The Kier molecular flexibility index (Phi) is 3.91. The Morgan fingerprint density at radius 1 is 1.45 bits per heavy atom. The van der Waals surface area contributed by atoms with E-state index in [-0.39, 0.29) is 16.5 Å². The molecule has 0 amide bonds. The summed E-state index contributed by atoms with van der Waals surface area (Å²) in [5, 5.41) is 21.2. The normalized spacial score (nSPS) is 11.3. The maximum Gasteiger partial charge on any atom is 0.337 e. The molecule has 0 unspecified atom stereocenters. The van der Waals surface area contributed by atoms with Crippen LogP contribution < -0.4 is 5.32 Å². The standard InChI is InChI=1S/C11H9F2N3O3S/c12-11(13,5-17)7-4-20-10(15-7)16-8-2-1-6(3-14-8)9(18)19/h1-4,17H,5H2,(H,18,19)(H,14,15,16). The van der Waals surface area contributed by atoms with Gasteiger partial charge < -0.3 is 15.5 Å². The molecule has 2 aromatic heterocycles. The van der Waals surface area contributed by atoms with Crippen LogP contribution in [0.5, 0.6) is 0 Å². The van der Waals surface area contributed by atoms with E-state index in [0.717, 1.165) is 22.9 Å². The summed E-state index contributed by atoms with van der Waals surface area (Å²) >= 11 is 0.927. The Morgan fingerprint density at radius 2 is 2.20 bits per heavy atom. The molecule has 0 fully saturated rings. The minimum absolute atomic E-state index is 0.0159. The number of pyridine rings is 1. The Morgan fingerprint density at radius 3 is 2.75 bits per heavy atom. The number of nitrogens with one attached hydrogen (secondary N) is 1. The summed E-state index contributed by atoms with van der Waals surface area (Å²) in [6.07, 6.45) is 1.14. The average Bonchev–Trinajstić information content (AvgIpc) is 2.88. The minimum Gasteiger partial charge on any atom is -0.478 e. The van der Waals surface area contributed by atoms with E-state index in [9.17, 15) is 13.6 Å². The molecule has 0 saturated carbocycles. The van der Waals surface area contributed by atoms with Gasteiger partial charge in [-0.3, -0.25) is 0 Å². The molecule has 0 aliphatic rings. The molecule has 2 heterocycles. The lowest BCUT2D eigenvalue weighted by atomic mass is 10.3. The molecule has 0 aliphatic carbocycles. The van der Waals surface area contributed by atoms with Crippen molar-refractivity contribution in [2.75, 3.05) is 11.9 Å². The van der Waals surface area contributed by atoms with Gasteiger partial charge in [-0.05, 0) is 12.1 Å². The van der Waals surface area contributed by atoms with Gasteiger partial charge in [0.1, 0.15) is 18.1 Å². The van der Waals surface area contributed by atoms with E-state index in [1.807, 2.05) is 0 Å². The highest BCUT2D eigenvalue weighted by Crippen LogP contribution is 2.30. The molecule has 0 aromatic carbocycles. The summed E-state index contributed by atoms with van der Waals surface area (Å²) < 4.78 is 26.3. The number of hydrogen-bond acceptors (Lipinski definition) is 6. The van der Waals surface area contributed by atoms with E-state index in [4.69, 9.17) is 10.2 Å². The lowest BCUT2D eigenvalue weighted by Gasteiger charge is -2.08. The van der Waals surface area contributed by atoms with Crippen LogP contribution >= 0.6 is 11.3 Å². The molecule has 0 saturated heterocycles. The lowest BCUT2D eigenvalue weighted by molar-refractivity contribution is -0.0586. The molecule has 106 valence electrons. The second-order valence-corrected chi connectivity index (χ2v) is 4.62. The maximum atomic E-state index is 13.2. The van der Waals surface area contributed by atoms with Crippen LogP contribution in [0, 0.1) is 0 Å². The number of hydrogen-bond donors (Lipinski definition) is 3. The molecule has 0 aliphatic heterocycles. The molecular formula is C11H9F2N3O3S. The number of carboxylic acid groups (broad SMARTS) is 1. The zero-order valence-electron chi connectivity index (χ0n) is 9.88. The number of aliphatic hydroxyl groups is 1. The molecule has 0 spiro atoms. The third kappa shape index (κ3) is 3.06. The SMILES string of the molecule is O=C(O)c1ccc(Nc2nc(C(F)(F)CO)cs2)nc1. The first-order valence-corrected chi connectivity index (χ1v) is 6.21. The highest BCUT2D eigenvalue weighted by molar-refractivity contribution is 7.13. The molecule has 0 atom stereocenters. The fourth-order valence-electron chi connectivity index (χ4n) is 1.28. The smallest absolute Gasteiger partial charge is 0.337 e. The van der Waals surface area contributed by atoms with E-state index in [0.29, 0.717) is 0 Å². The summed E-state index contributed by atoms with van der Waals surface area (Å²) in [5.74, 6) is -4.22. The molecule has 6 nitrogen and oxygen atoms in total. The number of aromatic carboxylic acids is 1. The number of aromatic nitrogens is 2. The summed E-state index contributed by atoms with van der Waals surface area (Å²) in [6.45, 7) is -1.32. The molecule has 2 rings (SSSR count). The van der Waals surface area contributed by atoms with Crippen molar-refractivity contribution >= 4 is 28.3 Å². The predicted molar refractivity (Wildman–Crippen MR) is 67.6 cm³/mol. The van der Waals surface area contributed by atoms with Gasteiger partial charge in [0.2, 0.25) is 0 Å². The number of aliphatic hydroxyl groups excluding tert-OH is 1. The third-order valence-corrected chi connectivity index (χ3v) is 3.08. The van der Waals surface area contributed by atoms with Gasteiger partial charge in [0.05, 0.1) is 5.56 Å². The molecule has 9 heteroatoms. The number of carbonyl (C=O) groups is 1. The van der Waals surface area contributed by atoms with Gasteiger partial charge in [0.15, 0.2) is 5.13 Å². The number of alkyl halides is 2. The fourth-order valence-corrected chi connectivity index (χ4v) is 2.05. The van der Waals surface area contributed by atoms with E-state index in [1.165, 1.54) is 12.1 Å². The van der Waals surface area contributed by atoms with Crippen LogP contribution in [0.1, 0.15) is 16.1 Å². The minimum atomic E-state index is -3.39. The first-order chi connectivity index (χ1) is 9.42. The second-order valence-electron chi connectivity index (χ2n) is 3.76. The van der Waals surface area contributed by atoms with E-state index in [2.05, 4.69) is 15.3 Å². The fraction of sp³-hybridized carbons (Fsp3) is 0.182. The molecule has 0 radical (unpaired) electrons. The van der Waals surface area contributed by atoms with Crippen molar-refractivity contribution in [2.24, 2.45) is 0 Å². The van der Waals surface area contributed by atoms with Crippen LogP contribution in [0.3, 0.4) is 0 Å². The van der Waals surface area contributed by atoms with Crippen LogP contribution in [-0.4, -0.2) is 32.8 Å². The van der Waals surface area contributed by atoms with Gasteiger partial charge >= 0.3 is 11.9 Å². The van der Waals surface area contributed by atoms with E-state index in [1.54, 1.807) is 0 Å². The van der Waals surface area contributed by atoms with Gasteiger partial charge in [0.25, 0.3) is 0 Å². The lowest BCUT2D eigenvalue weighted by Crippen LogP contribution is -2.18. The number of nitrogens with zero attached hydrogens (tertiary/aromatic N) is 2. The molecule has 0 bridgehead atoms. The highest BCUT2D eigenvalue weighted by atomic mass is 32.1. The topological polar surface area (TPSA) is 95.3 Å². The summed E-state index contributed by atoms with van der Waals surface area (Å²) in [6, 6.07) is 2.73. The Labute approximate surface area is 115 Å². The predicted octanol–water partition coefficient (Wildman–Crippen LogP) is 2.06. The first kappa shape index (κ1) is 14.3. The van der Waals surface area contributed by atoms with Crippen LogP contribution in [-0.2, 0) is 5.92 Å². The van der Waals surface area contributed by atoms with Gasteiger partial charge in [0, 0.05) is 11.6 Å². The van der Waals surface area contributed by atoms with E-state index >= 15 is 0 Å². The zero-order chi connectivity index (χ0) is 14.8. The van der Waals surface area contributed by atoms with Crippen molar-refractivity contribution in [3.05, 3.63) is 35.0 Å². The number of rotatable bonds is 5. The van der Waals surface area contributed by atoms with Crippen molar-refractivity contribution in [1.29, 1.82) is 0 Å². The monoisotopic (exact) mass is 301 g/mol. The largest absolute Gasteiger partial charge is 0.478 e. The Balaban J connectivity index is 2.12. The third-order valence-electron chi connectivity index (χ3n) is 2.32. The summed E-state index contributed by atoms with van der Waals surface area (Å²) in [7, 11) is 0. The zero-order valence-corrected chi connectivity index (χ0v) is 10.7. The number of carboxylic acids is 1. The van der Waals surface area contributed by atoms with Gasteiger partial charge in [-0.25, -0.2) is 14.8 Å². The summed E-state index contributed by atoms with van der Waals surface area (Å²) in [5.41, 5.74) is -0.517. The number of anilines is 2. The van der Waals surface area contributed by atoms with Crippen LogP contribution in [0.15, 0.2) is 23.7 Å². The van der Waals surface area contributed by atoms with Crippen LogP contribution in [0.25, 0.3) is 0 Å². The second kappa shape index (κ2) is 5.47.